The Kier molecular flexibility index (Phi) is 2.26. The van der Waals surface area contributed by atoms with Crippen molar-refractivity contribution < 1.29 is 18.3 Å². The van der Waals surface area contributed by atoms with Gasteiger partial charge in [-0.2, -0.15) is 0 Å². The zero-order chi connectivity index (χ0) is 11.1. The van der Waals surface area contributed by atoms with Gasteiger partial charge in [0.05, 0.1) is 10.1 Å². The zero-order valence-corrected chi connectivity index (χ0v) is 8.70. The van der Waals surface area contributed by atoms with Gasteiger partial charge in [-0.3, -0.25) is 0 Å². The van der Waals surface area contributed by atoms with Gasteiger partial charge in [0.2, 0.25) is 0 Å². The second kappa shape index (κ2) is 3.34. The van der Waals surface area contributed by atoms with Crippen molar-refractivity contribution in [1.29, 1.82) is 0 Å². The number of phenolic OH excluding ortho intramolecular Hbond substituents is 1. The fourth-order valence-electron chi connectivity index (χ4n) is 1.86. The number of carbonyl (C=O) groups excluding carboxylic acids is 1. The summed E-state index contributed by atoms with van der Waals surface area (Å²) in [5.74, 6) is -0.00975. The predicted molar refractivity (Wildman–Crippen MR) is 53.5 cm³/mol. The second-order valence-electron chi connectivity index (χ2n) is 3.53. The highest BCUT2D eigenvalue weighted by molar-refractivity contribution is 7.92. The molecule has 0 radical (unpaired) electrons. The van der Waals surface area contributed by atoms with Crippen LogP contribution in [0.2, 0.25) is 0 Å². The molecule has 1 unspecified atom stereocenters. The van der Waals surface area contributed by atoms with Crippen molar-refractivity contribution in [2.45, 2.75) is 23.0 Å². The van der Waals surface area contributed by atoms with Crippen molar-refractivity contribution in [3.8, 4) is 5.75 Å². The molecule has 0 spiro atoms. The number of rotatable bonds is 2. The molecule has 1 aliphatic heterocycles. The van der Waals surface area contributed by atoms with E-state index in [0.29, 0.717) is 11.8 Å². The molecule has 0 bridgehead atoms. The first-order valence-corrected chi connectivity index (χ1v) is 6.10. The average molecular weight is 226 g/mol. The van der Waals surface area contributed by atoms with E-state index in [1.165, 1.54) is 18.2 Å². The molecule has 1 aromatic carbocycles. The smallest absolute Gasteiger partial charge is 0.182 e. The summed E-state index contributed by atoms with van der Waals surface area (Å²) in [5.41, 5.74) is 0.435. The Morgan fingerprint density at radius 2 is 2.20 bits per heavy atom. The van der Waals surface area contributed by atoms with Crippen LogP contribution in [0.5, 0.6) is 5.75 Å². The molecule has 15 heavy (non-hydrogen) atoms. The first-order chi connectivity index (χ1) is 7.07. The highest BCUT2D eigenvalue weighted by atomic mass is 32.2. The van der Waals surface area contributed by atoms with Crippen molar-refractivity contribution in [3.63, 3.8) is 0 Å². The number of fused-ring (bicyclic) bond motifs is 1. The minimum atomic E-state index is -3.42. The van der Waals surface area contributed by atoms with Crippen molar-refractivity contribution in [3.05, 3.63) is 23.8 Å². The Bertz CT molecular complexity index is 504. The van der Waals surface area contributed by atoms with Crippen LogP contribution in [0.15, 0.2) is 23.1 Å². The fourth-order valence-corrected chi connectivity index (χ4v) is 3.74. The molecule has 5 heteroatoms. The van der Waals surface area contributed by atoms with Crippen LogP contribution in [-0.4, -0.2) is 25.1 Å². The number of aromatic hydroxyl groups is 1. The summed E-state index contributed by atoms with van der Waals surface area (Å²) in [6.45, 7) is 0. The molecule has 0 saturated carbocycles. The Morgan fingerprint density at radius 3 is 2.80 bits per heavy atom. The lowest BCUT2D eigenvalue weighted by Crippen LogP contribution is -2.17. The molecule has 1 aliphatic rings. The lowest BCUT2D eigenvalue weighted by atomic mass is 10.1. The summed E-state index contributed by atoms with van der Waals surface area (Å²) in [6.07, 6.45) is 0.810. The van der Waals surface area contributed by atoms with Crippen LogP contribution in [0.4, 0.5) is 0 Å². The number of sulfone groups is 1. The summed E-state index contributed by atoms with van der Waals surface area (Å²) in [6, 6.07) is 4.42. The molecule has 1 atom stereocenters. The van der Waals surface area contributed by atoms with E-state index in [4.69, 9.17) is 0 Å². The van der Waals surface area contributed by atoms with Crippen molar-refractivity contribution >= 4 is 16.1 Å². The van der Waals surface area contributed by atoms with Gasteiger partial charge in [-0.1, -0.05) is 6.07 Å². The zero-order valence-electron chi connectivity index (χ0n) is 7.88. The predicted octanol–water partition coefficient (Wildman–Crippen LogP) is 0.680. The van der Waals surface area contributed by atoms with Crippen LogP contribution in [0, 0.1) is 0 Å². The van der Waals surface area contributed by atoms with Gasteiger partial charge in [0.1, 0.15) is 12.0 Å². The molecule has 0 saturated heterocycles. The van der Waals surface area contributed by atoms with Crippen molar-refractivity contribution in [2.75, 3.05) is 0 Å². The molecule has 0 fully saturated rings. The fraction of sp³-hybridized carbons (Fsp3) is 0.300. The Morgan fingerprint density at radius 1 is 1.47 bits per heavy atom. The summed E-state index contributed by atoms with van der Waals surface area (Å²) in [7, 11) is -3.42. The van der Waals surface area contributed by atoms with Crippen LogP contribution in [-0.2, 0) is 21.1 Å². The van der Waals surface area contributed by atoms with Gasteiger partial charge in [-0.05, 0) is 18.6 Å². The SMILES string of the molecule is O=CCC1Cc2c(O)cccc2S1(=O)=O. The largest absolute Gasteiger partial charge is 0.508 e. The van der Waals surface area contributed by atoms with E-state index in [2.05, 4.69) is 0 Å². The molecule has 1 heterocycles. The number of phenols is 1. The summed E-state index contributed by atoms with van der Waals surface area (Å²) < 4.78 is 23.7. The average Bonchev–Trinajstić information content (AvgIpc) is 2.43. The van der Waals surface area contributed by atoms with Gasteiger partial charge in [0, 0.05) is 12.0 Å². The van der Waals surface area contributed by atoms with Gasteiger partial charge in [0.15, 0.2) is 9.84 Å². The number of hydrogen-bond donors (Lipinski definition) is 1. The van der Waals surface area contributed by atoms with Crippen LogP contribution >= 0.6 is 0 Å². The maximum Gasteiger partial charge on any atom is 0.182 e. The van der Waals surface area contributed by atoms with E-state index in [9.17, 15) is 18.3 Å². The van der Waals surface area contributed by atoms with Crippen LogP contribution in [0.25, 0.3) is 0 Å². The maximum absolute atomic E-state index is 11.9. The quantitative estimate of drug-likeness (QED) is 0.753. The third-order valence-electron chi connectivity index (χ3n) is 2.64. The Hall–Kier alpha value is -1.36. The molecule has 0 aromatic heterocycles. The lowest BCUT2D eigenvalue weighted by molar-refractivity contribution is -0.107. The van der Waals surface area contributed by atoms with E-state index in [0.717, 1.165) is 0 Å². The number of hydrogen-bond acceptors (Lipinski definition) is 4. The number of carbonyl (C=O) groups is 1. The molecule has 4 nitrogen and oxygen atoms in total. The van der Waals surface area contributed by atoms with Gasteiger partial charge in [0.25, 0.3) is 0 Å². The van der Waals surface area contributed by atoms with E-state index in [1.54, 1.807) is 0 Å². The molecule has 2 rings (SSSR count). The third kappa shape index (κ3) is 1.43. The van der Waals surface area contributed by atoms with Crippen LogP contribution < -0.4 is 0 Å². The van der Waals surface area contributed by atoms with Crippen molar-refractivity contribution in [1.82, 2.24) is 0 Å². The second-order valence-corrected chi connectivity index (χ2v) is 5.72. The number of aldehydes is 1. The highest BCUT2D eigenvalue weighted by Gasteiger charge is 2.37. The summed E-state index contributed by atoms with van der Waals surface area (Å²) >= 11 is 0. The van der Waals surface area contributed by atoms with Crippen LogP contribution in [0.1, 0.15) is 12.0 Å². The highest BCUT2D eigenvalue weighted by Crippen LogP contribution is 2.37. The van der Waals surface area contributed by atoms with E-state index in [-0.39, 0.29) is 23.5 Å². The molecule has 1 N–H and O–H groups in total. The normalized spacial score (nSPS) is 22.3. The molecule has 0 amide bonds. The standard InChI is InChI=1S/C10H10O4S/c11-5-4-7-6-8-9(12)2-1-3-10(8)15(7,13)14/h1-3,5,7,12H,4,6H2. The van der Waals surface area contributed by atoms with Gasteiger partial charge < -0.3 is 9.90 Å². The summed E-state index contributed by atoms with van der Waals surface area (Å²) in [5, 5.41) is 8.79. The number of benzene rings is 1. The molecule has 80 valence electrons. The van der Waals surface area contributed by atoms with Gasteiger partial charge in [-0.25, -0.2) is 8.42 Å². The molecular weight excluding hydrogens is 216 g/mol. The molecule has 0 aliphatic carbocycles. The molecule has 1 aromatic rings. The summed E-state index contributed by atoms with van der Waals surface area (Å²) in [4.78, 5) is 10.5. The first-order valence-electron chi connectivity index (χ1n) is 4.55. The van der Waals surface area contributed by atoms with Gasteiger partial charge in [-0.15, -0.1) is 0 Å². The monoisotopic (exact) mass is 226 g/mol. The van der Waals surface area contributed by atoms with E-state index < -0.39 is 15.1 Å². The minimum Gasteiger partial charge on any atom is -0.508 e. The van der Waals surface area contributed by atoms with E-state index >= 15 is 0 Å². The Balaban J connectivity index is 2.57. The third-order valence-corrected chi connectivity index (χ3v) is 4.88. The molecular formula is C10H10O4S. The topological polar surface area (TPSA) is 71.4 Å². The Labute approximate surface area is 87.5 Å². The van der Waals surface area contributed by atoms with Crippen molar-refractivity contribution in [2.24, 2.45) is 0 Å². The van der Waals surface area contributed by atoms with Gasteiger partial charge >= 0.3 is 0 Å². The van der Waals surface area contributed by atoms with Crippen LogP contribution in [0.3, 0.4) is 0 Å². The first kappa shape index (κ1) is 10.2. The maximum atomic E-state index is 11.9. The lowest BCUT2D eigenvalue weighted by Gasteiger charge is -2.03. The van der Waals surface area contributed by atoms with E-state index in [1.807, 2.05) is 0 Å². The minimum absolute atomic E-state index is 0.00975.